The maximum Gasteiger partial charge on any atom is 0.0576 e. The Morgan fingerprint density at radius 1 is 1.33 bits per heavy atom. The Kier molecular flexibility index (Phi) is 4.89. The largest absolute Gasteiger partial charge is 0.397 e. The molecular formula is C14H21BrN2O. The number of halogens is 1. The fraction of sp³-hybridized carbons (Fsp3) is 0.571. The first kappa shape index (κ1) is 13.7. The van der Waals surface area contributed by atoms with Crippen LogP contribution in [0.3, 0.4) is 0 Å². The summed E-state index contributed by atoms with van der Waals surface area (Å²) in [7, 11) is 0. The topological polar surface area (TPSA) is 47.3 Å². The van der Waals surface area contributed by atoms with Crippen LogP contribution in [0.15, 0.2) is 22.7 Å². The van der Waals surface area contributed by atoms with Crippen molar-refractivity contribution in [2.75, 3.05) is 17.7 Å². The van der Waals surface area contributed by atoms with Gasteiger partial charge in [0.1, 0.15) is 0 Å². The minimum Gasteiger partial charge on any atom is -0.397 e. The zero-order chi connectivity index (χ0) is 13.0. The van der Waals surface area contributed by atoms with Crippen LogP contribution in [0.2, 0.25) is 0 Å². The van der Waals surface area contributed by atoms with Crippen LogP contribution in [-0.2, 0) is 4.74 Å². The van der Waals surface area contributed by atoms with Crippen LogP contribution in [0.4, 0.5) is 11.4 Å². The molecule has 0 amide bonds. The third kappa shape index (κ3) is 3.62. The van der Waals surface area contributed by atoms with E-state index in [0.717, 1.165) is 48.1 Å². The monoisotopic (exact) mass is 312 g/mol. The van der Waals surface area contributed by atoms with Crippen LogP contribution in [0.5, 0.6) is 0 Å². The number of rotatable bonds is 4. The molecule has 0 heterocycles. The molecule has 18 heavy (non-hydrogen) atoms. The summed E-state index contributed by atoms with van der Waals surface area (Å²) in [6.07, 6.45) is 5.04. The minimum atomic E-state index is 0.454. The zero-order valence-corrected chi connectivity index (χ0v) is 12.4. The number of nitrogens with one attached hydrogen (secondary N) is 1. The Morgan fingerprint density at radius 3 is 2.67 bits per heavy atom. The number of nitrogen functional groups attached to an aromatic ring is 1. The van der Waals surface area contributed by atoms with Crippen molar-refractivity contribution in [1.82, 2.24) is 0 Å². The molecule has 100 valence electrons. The van der Waals surface area contributed by atoms with E-state index in [0.29, 0.717) is 12.1 Å². The number of hydrogen-bond acceptors (Lipinski definition) is 3. The highest BCUT2D eigenvalue weighted by Crippen LogP contribution is 2.28. The van der Waals surface area contributed by atoms with Gasteiger partial charge in [-0.05, 0) is 50.8 Å². The molecule has 0 aromatic heterocycles. The summed E-state index contributed by atoms with van der Waals surface area (Å²) in [5.41, 5.74) is 7.84. The van der Waals surface area contributed by atoms with E-state index in [1.165, 1.54) is 0 Å². The fourth-order valence-corrected chi connectivity index (χ4v) is 2.87. The fourth-order valence-electron chi connectivity index (χ4n) is 2.49. The number of hydrogen-bond donors (Lipinski definition) is 2. The van der Waals surface area contributed by atoms with Gasteiger partial charge in [0.25, 0.3) is 0 Å². The molecule has 1 aromatic rings. The predicted molar refractivity (Wildman–Crippen MR) is 79.8 cm³/mol. The molecule has 0 unspecified atom stereocenters. The van der Waals surface area contributed by atoms with Crippen LogP contribution >= 0.6 is 15.9 Å². The number of benzene rings is 1. The molecule has 1 fully saturated rings. The lowest BCUT2D eigenvalue weighted by molar-refractivity contribution is 0.0347. The van der Waals surface area contributed by atoms with Crippen LogP contribution in [0.1, 0.15) is 32.6 Å². The van der Waals surface area contributed by atoms with Crippen LogP contribution in [0.25, 0.3) is 0 Å². The van der Waals surface area contributed by atoms with Gasteiger partial charge in [-0.25, -0.2) is 0 Å². The van der Waals surface area contributed by atoms with E-state index in [-0.39, 0.29) is 0 Å². The van der Waals surface area contributed by atoms with Crippen LogP contribution in [0, 0.1) is 0 Å². The number of nitrogens with two attached hydrogens (primary N) is 1. The van der Waals surface area contributed by atoms with Crippen molar-refractivity contribution in [3.8, 4) is 0 Å². The molecule has 4 heteroatoms. The van der Waals surface area contributed by atoms with Gasteiger partial charge in [-0.3, -0.25) is 0 Å². The van der Waals surface area contributed by atoms with E-state index in [2.05, 4.69) is 28.2 Å². The predicted octanol–water partition coefficient (Wildman–Crippen LogP) is 3.79. The van der Waals surface area contributed by atoms with Crippen molar-refractivity contribution in [2.24, 2.45) is 0 Å². The summed E-state index contributed by atoms with van der Waals surface area (Å²) in [6.45, 7) is 2.88. The second kappa shape index (κ2) is 6.43. The normalized spacial score (nSPS) is 23.9. The Labute approximate surface area is 117 Å². The molecule has 0 bridgehead atoms. The highest BCUT2D eigenvalue weighted by molar-refractivity contribution is 9.10. The smallest absolute Gasteiger partial charge is 0.0576 e. The molecule has 1 saturated carbocycles. The molecule has 1 aliphatic rings. The van der Waals surface area contributed by atoms with Crippen molar-refractivity contribution >= 4 is 27.3 Å². The average molecular weight is 313 g/mol. The summed E-state index contributed by atoms with van der Waals surface area (Å²) in [5, 5.41) is 3.54. The second-order valence-electron chi connectivity index (χ2n) is 4.80. The summed E-state index contributed by atoms with van der Waals surface area (Å²) in [4.78, 5) is 0. The minimum absolute atomic E-state index is 0.454. The molecule has 0 aliphatic heterocycles. The molecule has 3 N–H and O–H groups in total. The molecule has 1 aromatic carbocycles. The van der Waals surface area contributed by atoms with E-state index in [1.807, 2.05) is 18.2 Å². The Bertz CT molecular complexity index is 389. The van der Waals surface area contributed by atoms with E-state index in [1.54, 1.807) is 0 Å². The van der Waals surface area contributed by atoms with Gasteiger partial charge < -0.3 is 15.8 Å². The Hall–Kier alpha value is -0.740. The number of ether oxygens (including phenoxy) is 1. The molecule has 2 rings (SSSR count). The van der Waals surface area contributed by atoms with Gasteiger partial charge >= 0.3 is 0 Å². The standard InChI is InChI=1S/C14H21BrN2O/c1-2-18-12-6-4-11(5-7-12)17-14-8-3-10(15)9-13(14)16/h3,8-9,11-12,17H,2,4-7,16H2,1H3/t11-,12-. The van der Waals surface area contributed by atoms with Crippen molar-refractivity contribution in [1.29, 1.82) is 0 Å². The maximum atomic E-state index is 6.00. The molecule has 0 spiro atoms. The van der Waals surface area contributed by atoms with Crippen molar-refractivity contribution in [3.63, 3.8) is 0 Å². The molecule has 0 saturated heterocycles. The van der Waals surface area contributed by atoms with Crippen LogP contribution < -0.4 is 11.1 Å². The first-order valence-electron chi connectivity index (χ1n) is 6.62. The SMILES string of the molecule is CCO[C@H]1CC[C@H](Nc2ccc(Br)cc2N)CC1. The third-order valence-electron chi connectivity index (χ3n) is 3.45. The number of anilines is 2. The summed E-state index contributed by atoms with van der Waals surface area (Å²) < 4.78 is 6.68. The Morgan fingerprint density at radius 2 is 2.06 bits per heavy atom. The highest BCUT2D eigenvalue weighted by atomic mass is 79.9. The quantitative estimate of drug-likeness (QED) is 0.831. The van der Waals surface area contributed by atoms with Crippen molar-refractivity contribution in [3.05, 3.63) is 22.7 Å². The van der Waals surface area contributed by atoms with E-state index in [9.17, 15) is 0 Å². The first-order chi connectivity index (χ1) is 8.69. The average Bonchev–Trinajstić information content (AvgIpc) is 2.35. The van der Waals surface area contributed by atoms with E-state index in [4.69, 9.17) is 10.5 Å². The maximum absolute atomic E-state index is 6.00. The summed E-state index contributed by atoms with van der Waals surface area (Å²) in [5.74, 6) is 0. The van der Waals surface area contributed by atoms with Crippen molar-refractivity contribution in [2.45, 2.75) is 44.8 Å². The lowest BCUT2D eigenvalue weighted by atomic mass is 9.92. The zero-order valence-electron chi connectivity index (χ0n) is 10.8. The molecular weight excluding hydrogens is 292 g/mol. The molecule has 0 atom stereocenters. The first-order valence-corrected chi connectivity index (χ1v) is 7.41. The summed E-state index contributed by atoms with van der Waals surface area (Å²) >= 11 is 3.42. The lowest BCUT2D eigenvalue weighted by Gasteiger charge is -2.29. The van der Waals surface area contributed by atoms with Gasteiger partial charge in [0, 0.05) is 17.1 Å². The summed E-state index contributed by atoms with van der Waals surface area (Å²) in [6, 6.07) is 6.51. The highest BCUT2D eigenvalue weighted by Gasteiger charge is 2.21. The van der Waals surface area contributed by atoms with Gasteiger partial charge in [0.2, 0.25) is 0 Å². The van der Waals surface area contributed by atoms with Gasteiger partial charge in [-0.2, -0.15) is 0 Å². The van der Waals surface area contributed by atoms with Crippen LogP contribution in [-0.4, -0.2) is 18.8 Å². The molecule has 0 radical (unpaired) electrons. The van der Waals surface area contributed by atoms with Crippen molar-refractivity contribution < 1.29 is 4.74 Å². The lowest BCUT2D eigenvalue weighted by Crippen LogP contribution is -2.30. The second-order valence-corrected chi connectivity index (χ2v) is 5.72. The Balaban J connectivity index is 1.87. The van der Waals surface area contributed by atoms with E-state index >= 15 is 0 Å². The van der Waals surface area contributed by atoms with Gasteiger partial charge in [0.15, 0.2) is 0 Å². The third-order valence-corrected chi connectivity index (χ3v) is 3.94. The van der Waals surface area contributed by atoms with Gasteiger partial charge in [-0.15, -0.1) is 0 Å². The van der Waals surface area contributed by atoms with Gasteiger partial charge in [-0.1, -0.05) is 15.9 Å². The van der Waals surface area contributed by atoms with E-state index < -0.39 is 0 Å². The molecule has 1 aliphatic carbocycles. The molecule has 3 nitrogen and oxygen atoms in total. The van der Waals surface area contributed by atoms with Gasteiger partial charge in [0.05, 0.1) is 17.5 Å².